The van der Waals surface area contributed by atoms with Crippen molar-refractivity contribution >= 4 is 45.6 Å². The topological polar surface area (TPSA) is 0 Å². The molecule has 0 aliphatic rings. The fraction of sp³-hybridized carbons (Fsp3) is 0.0909. The Bertz CT molecular complexity index is 452. The van der Waals surface area contributed by atoms with E-state index >= 15 is 0 Å². The van der Waals surface area contributed by atoms with E-state index in [4.69, 9.17) is 34.8 Å². The van der Waals surface area contributed by atoms with Crippen LogP contribution in [0.2, 0.25) is 0 Å². The van der Waals surface area contributed by atoms with Crippen molar-refractivity contribution in [1.29, 1.82) is 0 Å². The Hall–Kier alpha value is -0.430. The lowest BCUT2D eigenvalue weighted by atomic mass is 10.1. The molecule has 0 unspecified atom stereocenters. The lowest BCUT2D eigenvalue weighted by Gasteiger charge is -2.13. The first-order valence-electron chi connectivity index (χ1n) is 4.14. The second-order valence-corrected chi connectivity index (χ2v) is 5.31. The van der Waals surface area contributed by atoms with Crippen molar-refractivity contribution in [2.75, 3.05) is 0 Å². The number of hydrogen-bond acceptors (Lipinski definition) is 0. The highest BCUT2D eigenvalue weighted by atomic mass is 35.6. The first-order valence-corrected chi connectivity index (χ1v) is 5.27. The molecule has 0 aliphatic carbocycles. The van der Waals surface area contributed by atoms with Crippen LogP contribution < -0.4 is 0 Å². The Morgan fingerprint density at radius 1 is 0.786 bits per heavy atom. The van der Waals surface area contributed by atoms with Crippen molar-refractivity contribution < 1.29 is 0 Å². The van der Waals surface area contributed by atoms with Crippen LogP contribution >= 0.6 is 34.8 Å². The van der Waals surface area contributed by atoms with Crippen LogP contribution in [0, 0.1) is 0 Å². The number of rotatable bonds is 0. The molecule has 3 heteroatoms. The van der Waals surface area contributed by atoms with E-state index in [0.717, 1.165) is 16.3 Å². The summed E-state index contributed by atoms with van der Waals surface area (Å²) in [5.74, 6) is 0. The Morgan fingerprint density at radius 2 is 1.43 bits per heavy atom. The highest BCUT2D eigenvalue weighted by molar-refractivity contribution is 6.67. The van der Waals surface area contributed by atoms with Gasteiger partial charge in [-0.15, -0.1) is 0 Å². The smallest absolute Gasteiger partial charge is 0.0784 e. The summed E-state index contributed by atoms with van der Waals surface area (Å²) in [5.41, 5.74) is 0.723. The standard InChI is InChI=1S/C11H7Cl3/c12-11(13,14)10-7-3-5-8-4-1-2-6-9(8)10/h1-7H. The van der Waals surface area contributed by atoms with Gasteiger partial charge >= 0.3 is 0 Å². The van der Waals surface area contributed by atoms with Gasteiger partial charge in [0.05, 0.1) is 0 Å². The molecule has 0 nitrogen and oxygen atoms in total. The SMILES string of the molecule is ClC(Cl)(Cl)c1cccc2ccccc12. The molecule has 2 aromatic carbocycles. The van der Waals surface area contributed by atoms with Gasteiger partial charge in [0.2, 0.25) is 3.79 Å². The normalized spacial score (nSPS) is 11.9. The zero-order valence-corrected chi connectivity index (χ0v) is 9.44. The third-order valence-corrected chi connectivity index (χ3v) is 2.71. The van der Waals surface area contributed by atoms with Crippen molar-refractivity contribution in [2.24, 2.45) is 0 Å². The zero-order valence-electron chi connectivity index (χ0n) is 7.18. The second kappa shape index (κ2) is 3.62. The summed E-state index contributed by atoms with van der Waals surface area (Å²) in [6.07, 6.45) is 0. The number of halogens is 3. The van der Waals surface area contributed by atoms with Gasteiger partial charge in [0.1, 0.15) is 0 Å². The predicted molar refractivity (Wildman–Crippen MR) is 63.2 cm³/mol. The van der Waals surface area contributed by atoms with Gasteiger partial charge < -0.3 is 0 Å². The quantitative estimate of drug-likeness (QED) is 0.592. The van der Waals surface area contributed by atoms with Crippen molar-refractivity contribution in [3.8, 4) is 0 Å². The summed E-state index contributed by atoms with van der Waals surface area (Å²) in [4.78, 5) is 0. The van der Waals surface area contributed by atoms with Crippen molar-refractivity contribution in [3.63, 3.8) is 0 Å². The highest BCUT2D eigenvalue weighted by Crippen LogP contribution is 2.41. The van der Waals surface area contributed by atoms with Gasteiger partial charge in [-0.05, 0) is 10.8 Å². The number of benzene rings is 2. The van der Waals surface area contributed by atoms with Crippen LogP contribution in [0.15, 0.2) is 42.5 Å². The summed E-state index contributed by atoms with van der Waals surface area (Å²) in [7, 11) is 0. The molecule has 0 N–H and O–H groups in total. The molecule has 0 aromatic heterocycles. The van der Waals surface area contributed by atoms with E-state index in [1.54, 1.807) is 0 Å². The van der Waals surface area contributed by atoms with Crippen molar-refractivity contribution in [1.82, 2.24) is 0 Å². The molecule has 2 aromatic rings. The second-order valence-electron chi connectivity index (χ2n) is 3.02. The average molecular weight is 246 g/mol. The minimum Gasteiger partial charge on any atom is -0.0784 e. The number of hydrogen-bond donors (Lipinski definition) is 0. The van der Waals surface area contributed by atoms with Crippen LogP contribution in [-0.4, -0.2) is 0 Å². The Morgan fingerprint density at radius 3 is 2.14 bits per heavy atom. The molecule has 0 atom stereocenters. The molecule has 2 rings (SSSR count). The third kappa shape index (κ3) is 1.83. The van der Waals surface area contributed by atoms with E-state index < -0.39 is 3.79 Å². The molecular formula is C11H7Cl3. The van der Waals surface area contributed by atoms with E-state index in [1.165, 1.54) is 0 Å². The van der Waals surface area contributed by atoms with Crippen molar-refractivity contribution in [2.45, 2.75) is 3.79 Å². The first-order chi connectivity index (χ1) is 6.59. The fourth-order valence-electron chi connectivity index (χ4n) is 1.47. The zero-order chi connectivity index (χ0) is 10.2. The van der Waals surface area contributed by atoms with Gasteiger partial charge in [-0.25, -0.2) is 0 Å². The van der Waals surface area contributed by atoms with Crippen LogP contribution in [0.3, 0.4) is 0 Å². The maximum absolute atomic E-state index is 5.87. The van der Waals surface area contributed by atoms with Gasteiger partial charge in [0.15, 0.2) is 0 Å². The minimum absolute atomic E-state index is 0.723. The van der Waals surface area contributed by atoms with E-state index in [1.807, 2.05) is 42.5 Å². The summed E-state index contributed by atoms with van der Waals surface area (Å²) < 4.78 is -1.36. The number of alkyl halides is 3. The summed E-state index contributed by atoms with van der Waals surface area (Å²) in [5, 5.41) is 2.06. The van der Waals surface area contributed by atoms with E-state index in [2.05, 4.69) is 0 Å². The van der Waals surface area contributed by atoms with Crippen molar-refractivity contribution in [3.05, 3.63) is 48.0 Å². The molecule has 14 heavy (non-hydrogen) atoms. The Labute approximate surface area is 97.4 Å². The molecule has 0 aliphatic heterocycles. The van der Waals surface area contributed by atoms with Crippen LogP contribution in [-0.2, 0) is 3.79 Å². The molecule has 0 bridgehead atoms. The van der Waals surface area contributed by atoms with Crippen LogP contribution in [0.4, 0.5) is 0 Å². The molecule has 0 fully saturated rings. The lowest BCUT2D eigenvalue weighted by molar-refractivity contribution is 1.27. The fourth-order valence-corrected chi connectivity index (χ4v) is 1.97. The summed E-state index contributed by atoms with van der Waals surface area (Å²) >= 11 is 17.6. The number of fused-ring (bicyclic) bond motifs is 1. The summed E-state index contributed by atoms with van der Waals surface area (Å²) in [6, 6.07) is 13.6. The molecule has 0 spiro atoms. The Balaban J connectivity index is 2.78. The molecule has 72 valence electrons. The van der Waals surface area contributed by atoms with E-state index in [-0.39, 0.29) is 0 Å². The highest BCUT2D eigenvalue weighted by Gasteiger charge is 2.24. The van der Waals surface area contributed by atoms with Gasteiger partial charge in [0.25, 0.3) is 0 Å². The molecular weight excluding hydrogens is 238 g/mol. The van der Waals surface area contributed by atoms with Gasteiger partial charge in [-0.1, -0.05) is 77.3 Å². The molecule has 0 heterocycles. The van der Waals surface area contributed by atoms with E-state index in [0.29, 0.717) is 0 Å². The van der Waals surface area contributed by atoms with Gasteiger partial charge in [-0.3, -0.25) is 0 Å². The third-order valence-electron chi connectivity index (χ3n) is 2.10. The maximum Gasteiger partial charge on any atom is 0.216 e. The van der Waals surface area contributed by atoms with Crippen LogP contribution in [0.5, 0.6) is 0 Å². The molecule has 0 saturated carbocycles. The Kier molecular flexibility index (Phi) is 2.61. The van der Waals surface area contributed by atoms with Crippen LogP contribution in [0.1, 0.15) is 5.56 Å². The van der Waals surface area contributed by atoms with Gasteiger partial charge in [0, 0.05) is 5.56 Å². The first kappa shape index (κ1) is 10.1. The van der Waals surface area contributed by atoms with E-state index in [9.17, 15) is 0 Å². The molecule has 0 radical (unpaired) electrons. The molecule has 0 amide bonds. The predicted octanol–water partition coefficient (Wildman–Crippen LogP) is 4.67. The van der Waals surface area contributed by atoms with Gasteiger partial charge in [-0.2, -0.15) is 0 Å². The monoisotopic (exact) mass is 244 g/mol. The minimum atomic E-state index is -1.36. The average Bonchev–Trinajstić information content (AvgIpc) is 2.15. The summed E-state index contributed by atoms with van der Waals surface area (Å²) in [6.45, 7) is 0. The maximum atomic E-state index is 5.87. The lowest BCUT2D eigenvalue weighted by Crippen LogP contribution is -2.00. The molecule has 0 saturated heterocycles. The van der Waals surface area contributed by atoms with Crippen LogP contribution in [0.25, 0.3) is 10.8 Å². The largest absolute Gasteiger partial charge is 0.216 e.